The van der Waals surface area contributed by atoms with Crippen LogP contribution in [-0.2, 0) is 10.2 Å². The molecule has 0 N–H and O–H groups in total. The molecule has 4 aromatic rings. The van der Waals surface area contributed by atoms with Gasteiger partial charge in [0, 0.05) is 36.0 Å². The van der Waals surface area contributed by atoms with Gasteiger partial charge in [-0.2, -0.15) is 0 Å². The lowest BCUT2D eigenvalue weighted by molar-refractivity contribution is -0.134. The van der Waals surface area contributed by atoms with Crippen molar-refractivity contribution in [1.29, 1.82) is 0 Å². The number of nitrogens with zero attached hydrogens (tertiary/aromatic N) is 3. The van der Waals surface area contributed by atoms with Gasteiger partial charge in [0.05, 0.1) is 16.8 Å². The van der Waals surface area contributed by atoms with E-state index < -0.39 is 0 Å². The van der Waals surface area contributed by atoms with Gasteiger partial charge < -0.3 is 14.5 Å². The highest BCUT2D eigenvalue weighted by atomic mass is 79.9. The van der Waals surface area contributed by atoms with Crippen molar-refractivity contribution in [2.75, 3.05) is 32.8 Å². The molecule has 2 heterocycles. The molecular formula is C36H38BrN3O3. The van der Waals surface area contributed by atoms with Gasteiger partial charge in [0.2, 0.25) is 0 Å². The summed E-state index contributed by atoms with van der Waals surface area (Å²) in [5.74, 6) is 0.590. The van der Waals surface area contributed by atoms with E-state index in [0.717, 1.165) is 43.5 Å². The fraction of sp³-hybridized carbons (Fsp3) is 0.306. The molecule has 1 aromatic heterocycles. The topological polar surface area (TPSA) is 62.7 Å². The van der Waals surface area contributed by atoms with Crippen LogP contribution in [0.4, 0.5) is 0 Å². The van der Waals surface area contributed by atoms with E-state index in [1.165, 1.54) is 5.56 Å². The Kier molecular flexibility index (Phi) is 9.02. The second kappa shape index (κ2) is 12.7. The zero-order valence-corrected chi connectivity index (χ0v) is 27.1. The van der Waals surface area contributed by atoms with Crippen molar-refractivity contribution in [1.82, 2.24) is 14.8 Å². The molecule has 222 valence electrons. The number of carbonyl (C=O) groups excluding carboxylic acids is 2. The van der Waals surface area contributed by atoms with Crippen LogP contribution in [0.15, 0.2) is 71.2 Å². The first kappa shape index (κ1) is 30.5. The second-order valence-corrected chi connectivity index (χ2v) is 13.0. The minimum Gasteiger partial charge on any atom is -0.483 e. The van der Waals surface area contributed by atoms with Crippen molar-refractivity contribution in [3.8, 4) is 5.75 Å². The molecule has 0 spiro atoms. The minimum absolute atomic E-state index is 0.0180. The van der Waals surface area contributed by atoms with Crippen molar-refractivity contribution in [2.45, 2.75) is 40.0 Å². The first-order valence-electron chi connectivity index (χ1n) is 14.6. The number of aryl methyl sites for hydroxylation is 1. The van der Waals surface area contributed by atoms with E-state index in [4.69, 9.17) is 9.72 Å². The van der Waals surface area contributed by atoms with E-state index in [1.54, 1.807) is 4.90 Å². The summed E-state index contributed by atoms with van der Waals surface area (Å²) in [5.41, 5.74) is 6.69. The predicted molar refractivity (Wildman–Crippen MR) is 177 cm³/mol. The van der Waals surface area contributed by atoms with E-state index in [9.17, 15) is 9.59 Å². The number of hydrogen-bond acceptors (Lipinski definition) is 4. The van der Waals surface area contributed by atoms with Crippen LogP contribution < -0.4 is 4.74 Å². The Bertz CT molecular complexity index is 1680. The largest absolute Gasteiger partial charge is 0.483 e. The normalized spacial score (nSPS) is 14.0. The van der Waals surface area contributed by atoms with Gasteiger partial charge in [-0.1, -0.05) is 79.2 Å². The summed E-state index contributed by atoms with van der Waals surface area (Å²) < 4.78 is 6.72. The Balaban J connectivity index is 1.29. The lowest BCUT2D eigenvalue weighted by atomic mass is 9.87. The minimum atomic E-state index is -0.0748. The van der Waals surface area contributed by atoms with Crippen molar-refractivity contribution >= 4 is 50.8 Å². The Hall–Kier alpha value is -3.97. The fourth-order valence-electron chi connectivity index (χ4n) is 5.20. The summed E-state index contributed by atoms with van der Waals surface area (Å²) in [5, 5.41) is 0.798. The van der Waals surface area contributed by atoms with Crippen LogP contribution in [0.5, 0.6) is 5.75 Å². The van der Waals surface area contributed by atoms with Crippen LogP contribution in [0.1, 0.15) is 59.1 Å². The smallest absolute Gasteiger partial charge is 0.260 e. The third-order valence-electron chi connectivity index (χ3n) is 8.07. The molecule has 3 aromatic carbocycles. The number of benzene rings is 3. The first-order valence-corrected chi connectivity index (χ1v) is 15.4. The summed E-state index contributed by atoms with van der Waals surface area (Å²) in [6.45, 7) is 12.4. The maximum atomic E-state index is 13.9. The number of piperazine rings is 1. The number of aromatic nitrogens is 1. The average Bonchev–Trinajstić information content (AvgIpc) is 3.00. The molecule has 0 saturated carbocycles. The Morgan fingerprint density at radius 3 is 2.30 bits per heavy atom. The van der Waals surface area contributed by atoms with E-state index in [2.05, 4.69) is 61.0 Å². The number of ether oxygens (including phenoxy) is 1. The van der Waals surface area contributed by atoms with Crippen LogP contribution in [0.25, 0.3) is 23.1 Å². The number of carbonyl (C=O) groups is 2. The number of amides is 2. The SMILES string of the molecule is Cc1cccc(OCC(=O)N2CCN(C(=O)c3cc(/C=C/c4ccc(C(C)(C)C)cc4)nc4ccc(Br)cc34)CC2)c1C. The van der Waals surface area contributed by atoms with Gasteiger partial charge in [0.15, 0.2) is 6.61 Å². The number of rotatable bonds is 6. The lowest BCUT2D eigenvalue weighted by Crippen LogP contribution is -2.51. The molecular weight excluding hydrogens is 602 g/mol. The van der Waals surface area contributed by atoms with Crippen LogP contribution in [0.2, 0.25) is 0 Å². The van der Waals surface area contributed by atoms with Crippen molar-refractivity contribution < 1.29 is 14.3 Å². The maximum Gasteiger partial charge on any atom is 0.260 e. The third-order valence-corrected chi connectivity index (χ3v) is 8.56. The summed E-state index contributed by atoms with van der Waals surface area (Å²) in [4.78, 5) is 35.2. The molecule has 5 rings (SSSR count). The van der Waals surface area contributed by atoms with Crippen LogP contribution in [-0.4, -0.2) is 59.4 Å². The van der Waals surface area contributed by atoms with Gasteiger partial charge in [0.25, 0.3) is 11.8 Å². The van der Waals surface area contributed by atoms with Crippen LogP contribution >= 0.6 is 15.9 Å². The molecule has 2 amide bonds. The summed E-state index contributed by atoms with van der Waals surface area (Å²) in [6.07, 6.45) is 3.98. The fourth-order valence-corrected chi connectivity index (χ4v) is 5.56. The number of pyridine rings is 1. The molecule has 1 aliphatic rings. The molecule has 0 unspecified atom stereocenters. The predicted octanol–water partition coefficient (Wildman–Crippen LogP) is 7.45. The van der Waals surface area contributed by atoms with Crippen LogP contribution in [0, 0.1) is 13.8 Å². The molecule has 6 nitrogen and oxygen atoms in total. The quantitative estimate of drug-likeness (QED) is 0.220. The van der Waals surface area contributed by atoms with Gasteiger partial charge in [-0.25, -0.2) is 4.98 Å². The van der Waals surface area contributed by atoms with Crippen molar-refractivity contribution in [2.24, 2.45) is 0 Å². The molecule has 1 aliphatic heterocycles. The Morgan fingerprint density at radius 2 is 1.60 bits per heavy atom. The number of halogens is 1. The summed E-state index contributed by atoms with van der Waals surface area (Å²) in [6, 6.07) is 22.0. The van der Waals surface area contributed by atoms with E-state index >= 15 is 0 Å². The third kappa shape index (κ3) is 7.16. The Morgan fingerprint density at radius 1 is 0.907 bits per heavy atom. The average molecular weight is 641 g/mol. The summed E-state index contributed by atoms with van der Waals surface area (Å²) in [7, 11) is 0. The van der Waals surface area contributed by atoms with E-state index in [-0.39, 0.29) is 23.8 Å². The van der Waals surface area contributed by atoms with Gasteiger partial charge in [0.1, 0.15) is 5.75 Å². The lowest BCUT2D eigenvalue weighted by Gasteiger charge is -2.35. The molecule has 1 fully saturated rings. The van der Waals surface area contributed by atoms with Gasteiger partial charge >= 0.3 is 0 Å². The zero-order chi connectivity index (χ0) is 30.7. The molecule has 43 heavy (non-hydrogen) atoms. The number of hydrogen-bond donors (Lipinski definition) is 0. The molecule has 0 atom stereocenters. The van der Waals surface area contributed by atoms with Gasteiger partial charge in [-0.3, -0.25) is 9.59 Å². The molecule has 0 bridgehead atoms. The van der Waals surface area contributed by atoms with E-state index in [0.29, 0.717) is 31.7 Å². The molecule has 7 heteroatoms. The van der Waals surface area contributed by atoms with Gasteiger partial charge in [-0.15, -0.1) is 0 Å². The summed E-state index contributed by atoms with van der Waals surface area (Å²) >= 11 is 3.55. The van der Waals surface area contributed by atoms with E-state index in [1.807, 2.05) is 73.4 Å². The highest BCUT2D eigenvalue weighted by Crippen LogP contribution is 2.27. The monoisotopic (exact) mass is 639 g/mol. The molecule has 0 radical (unpaired) electrons. The zero-order valence-electron chi connectivity index (χ0n) is 25.5. The van der Waals surface area contributed by atoms with Gasteiger partial charge in [-0.05, 0) is 77.9 Å². The van der Waals surface area contributed by atoms with Crippen molar-refractivity contribution in [3.05, 3.63) is 105 Å². The second-order valence-electron chi connectivity index (χ2n) is 12.1. The number of fused-ring (bicyclic) bond motifs is 1. The van der Waals surface area contributed by atoms with Crippen molar-refractivity contribution in [3.63, 3.8) is 0 Å². The highest BCUT2D eigenvalue weighted by molar-refractivity contribution is 9.10. The van der Waals surface area contributed by atoms with Crippen LogP contribution in [0.3, 0.4) is 0 Å². The first-order chi connectivity index (χ1) is 20.5. The molecule has 0 aliphatic carbocycles. The highest BCUT2D eigenvalue weighted by Gasteiger charge is 2.26. The standard InChI is InChI=1S/C36H38BrN3O3/c1-24-7-6-8-33(25(24)2)43-23-34(41)39-17-19-40(20-18-39)35(42)31-22-29(38-32-16-14-28(37)21-30(31)32)15-11-26-9-12-27(13-10-26)36(3,4)5/h6-16,21-22H,17-20,23H2,1-5H3/b15-11+. The molecule has 1 saturated heterocycles. The maximum absolute atomic E-state index is 13.9. The Labute approximate surface area is 262 Å².